The molecule has 2 amide bonds. The quantitative estimate of drug-likeness (QED) is 0.897. The predicted molar refractivity (Wildman–Crippen MR) is 95.4 cm³/mol. The summed E-state index contributed by atoms with van der Waals surface area (Å²) in [5, 5.41) is 2.83. The van der Waals surface area contributed by atoms with E-state index in [2.05, 4.69) is 33.0 Å². The van der Waals surface area contributed by atoms with E-state index in [-0.39, 0.29) is 11.8 Å². The Morgan fingerprint density at radius 2 is 1.75 bits per heavy atom. The summed E-state index contributed by atoms with van der Waals surface area (Å²) >= 11 is 0. The Labute approximate surface area is 144 Å². The fourth-order valence-electron chi connectivity index (χ4n) is 2.75. The van der Waals surface area contributed by atoms with Crippen molar-refractivity contribution in [2.24, 2.45) is 11.8 Å². The first-order chi connectivity index (χ1) is 11.1. The van der Waals surface area contributed by atoms with Crippen LogP contribution in [0, 0.1) is 11.8 Å². The summed E-state index contributed by atoms with van der Waals surface area (Å²) in [6, 6.07) is 5.23. The van der Waals surface area contributed by atoms with E-state index < -0.39 is 5.60 Å². The van der Waals surface area contributed by atoms with Gasteiger partial charge in [0.2, 0.25) is 0 Å². The fraction of sp³-hybridized carbons (Fsp3) is 0.579. The van der Waals surface area contributed by atoms with E-state index in [9.17, 15) is 9.59 Å². The van der Waals surface area contributed by atoms with Crippen LogP contribution in [0.15, 0.2) is 18.2 Å². The van der Waals surface area contributed by atoms with E-state index in [4.69, 9.17) is 4.74 Å². The van der Waals surface area contributed by atoms with Gasteiger partial charge < -0.3 is 15.0 Å². The van der Waals surface area contributed by atoms with Crippen molar-refractivity contribution in [1.82, 2.24) is 4.90 Å². The number of ether oxygens (including phenoxy) is 1. The van der Waals surface area contributed by atoms with Gasteiger partial charge in [0.15, 0.2) is 5.60 Å². The summed E-state index contributed by atoms with van der Waals surface area (Å²) in [4.78, 5) is 26.8. The van der Waals surface area contributed by atoms with Gasteiger partial charge in [-0.3, -0.25) is 9.59 Å². The number of benzene rings is 1. The molecule has 132 valence electrons. The minimum absolute atomic E-state index is 0.0146. The van der Waals surface area contributed by atoms with E-state index >= 15 is 0 Å². The molecule has 24 heavy (non-hydrogen) atoms. The first-order valence-electron chi connectivity index (χ1n) is 8.54. The highest BCUT2D eigenvalue weighted by atomic mass is 16.5. The number of amides is 2. The van der Waals surface area contributed by atoms with Crippen molar-refractivity contribution in [3.8, 4) is 5.75 Å². The van der Waals surface area contributed by atoms with Gasteiger partial charge in [-0.2, -0.15) is 0 Å². The third-order valence-corrected chi connectivity index (χ3v) is 3.84. The lowest BCUT2D eigenvalue weighted by Crippen LogP contribution is -2.45. The Kier molecular flexibility index (Phi) is 5.21. The second-order valence-corrected chi connectivity index (χ2v) is 7.78. The lowest BCUT2D eigenvalue weighted by molar-refractivity contribution is -0.129. The first kappa shape index (κ1) is 18.3. The molecule has 1 heterocycles. The number of nitrogens with zero attached hydrogens (tertiary/aromatic N) is 1. The molecule has 0 unspecified atom stereocenters. The minimum atomic E-state index is -0.903. The molecule has 1 aromatic rings. The van der Waals surface area contributed by atoms with E-state index in [1.54, 1.807) is 32.0 Å². The highest BCUT2D eigenvalue weighted by molar-refractivity contribution is 6.02. The smallest absolute Gasteiger partial charge is 0.268 e. The number of carbonyl (C=O) groups is 2. The van der Waals surface area contributed by atoms with Crippen LogP contribution in [-0.2, 0) is 4.79 Å². The topological polar surface area (TPSA) is 58.6 Å². The lowest BCUT2D eigenvalue weighted by atomic mass is 10.0. The molecule has 0 saturated heterocycles. The maximum atomic E-state index is 12.9. The van der Waals surface area contributed by atoms with E-state index in [1.807, 2.05) is 4.90 Å². The van der Waals surface area contributed by atoms with Gasteiger partial charge in [0.1, 0.15) is 5.75 Å². The molecular formula is C19H28N2O3. The molecule has 2 rings (SSSR count). The average Bonchev–Trinajstić information content (AvgIpc) is 2.45. The van der Waals surface area contributed by atoms with Crippen LogP contribution in [0.2, 0.25) is 0 Å². The van der Waals surface area contributed by atoms with Crippen LogP contribution in [0.3, 0.4) is 0 Å². The summed E-state index contributed by atoms with van der Waals surface area (Å²) < 4.78 is 5.72. The molecule has 0 fully saturated rings. The third-order valence-electron chi connectivity index (χ3n) is 3.84. The second kappa shape index (κ2) is 6.83. The van der Waals surface area contributed by atoms with E-state index in [0.717, 1.165) is 0 Å². The van der Waals surface area contributed by atoms with Crippen LogP contribution in [-0.4, -0.2) is 35.4 Å². The molecule has 1 aromatic carbocycles. The lowest BCUT2D eigenvalue weighted by Gasteiger charge is -2.32. The molecule has 0 atom stereocenters. The number of anilines is 1. The van der Waals surface area contributed by atoms with Crippen LogP contribution in [0.25, 0.3) is 0 Å². The van der Waals surface area contributed by atoms with Crippen LogP contribution >= 0.6 is 0 Å². The minimum Gasteiger partial charge on any atom is -0.476 e. The molecule has 5 nitrogen and oxygen atoms in total. The normalized spacial score (nSPS) is 15.8. The number of carbonyl (C=O) groups excluding carboxylic acids is 2. The summed E-state index contributed by atoms with van der Waals surface area (Å²) in [7, 11) is 0. The number of hydrogen-bond acceptors (Lipinski definition) is 3. The average molecular weight is 332 g/mol. The van der Waals surface area contributed by atoms with Gasteiger partial charge in [0.05, 0.1) is 5.69 Å². The second-order valence-electron chi connectivity index (χ2n) is 7.78. The molecule has 1 aliphatic rings. The van der Waals surface area contributed by atoms with Gasteiger partial charge in [-0.1, -0.05) is 27.7 Å². The summed E-state index contributed by atoms with van der Waals surface area (Å²) in [5.74, 6) is 1.17. The maximum Gasteiger partial charge on any atom is 0.268 e. The molecule has 1 aliphatic heterocycles. The van der Waals surface area contributed by atoms with Crippen molar-refractivity contribution >= 4 is 17.5 Å². The molecule has 0 aliphatic carbocycles. The molecule has 0 bridgehead atoms. The van der Waals surface area contributed by atoms with Gasteiger partial charge in [-0.15, -0.1) is 0 Å². The Morgan fingerprint density at radius 3 is 2.29 bits per heavy atom. The Balaban J connectivity index is 2.27. The standard InChI is InChI=1S/C19H28N2O3/c1-12(2)10-21(11-13(3)4)17(22)14-7-8-16-15(9-14)20-18(23)19(5,6)24-16/h7-9,12-13H,10-11H2,1-6H3,(H,20,23). The first-order valence-corrected chi connectivity index (χ1v) is 8.54. The molecule has 5 heteroatoms. The zero-order chi connectivity index (χ0) is 18.1. The SMILES string of the molecule is CC(C)CN(CC(C)C)C(=O)c1ccc2c(c1)NC(=O)C(C)(C)O2. The number of nitrogens with one attached hydrogen (secondary N) is 1. The third kappa shape index (κ3) is 4.08. The summed E-state index contributed by atoms with van der Waals surface area (Å²) in [6.07, 6.45) is 0. The van der Waals surface area contributed by atoms with Crippen LogP contribution in [0.1, 0.15) is 51.9 Å². The van der Waals surface area contributed by atoms with Gasteiger partial charge in [0, 0.05) is 18.7 Å². The number of hydrogen-bond donors (Lipinski definition) is 1. The maximum absolute atomic E-state index is 12.9. The fourth-order valence-corrected chi connectivity index (χ4v) is 2.75. The van der Waals surface area contributed by atoms with E-state index in [0.29, 0.717) is 41.9 Å². The molecule has 1 N–H and O–H groups in total. The Bertz CT molecular complexity index is 625. The van der Waals surface area contributed by atoms with Crippen LogP contribution in [0.5, 0.6) is 5.75 Å². The van der Waals surface area contributed by atoms with Gasteiger partial charge >= 0.3 is 0 Å². The van der Waals surface area contributed by atoms with Crippen molar-refractivity contribution in [2.45, 2.75) is 47.1 Å². The Hall–Kier alpha value is -2.04. The monoisotopic (exact) mass is 332 g/mol. The highest BCUT2D eigenvalue weighted by Crippen LogP contribution is 2.34. The van der Waals surface area contributed by atoms with E-state index in [1.165, 1.54) is 0 Å². The zero-order valence-corrected chi connectivity index (χ0v) is 15.5. The zero-order valence-electron chi connectivity index (χ0n) is 15.5. The molecule has 0 saturated carbocycles. The summed E-state index contributed by atoms with van der Waals surface area (Å²) in [6.45, 7) is 13.3. The van der Waals surface area contributed by atoms with Crippen molar-refractivity contribution in [3.05, 3.63) is 23.8 Å². The van der Waals surface area contributed by atoms with Crippen molar-refractivity contribution in [3.63, 3.8) is 0 Å². The Morgan fingerprint density at radius 1 is 1.17 bits per heavy atom. The molecule has 0 radical (unpaired) electrons. The molecular weight excluding hydrogens is 304 g/mol. The van der Waals surface area contributed by atoms with Crippen LogP contribution in [0.4, 0.5) is 5.69 Å². The number of rotatable bonds is 5. The molecule has 0 spiro atoms. The molecule has 0 aromatic heterocycles. The van der Waals surface area contributed by atoms with Crippen molar-refractivity contribution in [1.29, 1.82) is 0 Å². The largest absolute Gasteiger partial charge is 0.476 e. The number of fused-ring (bicyclic) bond motifs is 1. The predicted octanol–water partition coefficient (Wildman–Crippen LogP) is 3.55. The summed E-state index contributed by atoms with van der Waals surface area (Å²) in [5.41, 5.74) is 0.220. The van der Waals surface area contributed by atoms with Crippen molar-refractivity contribution in [2.75, 3.05) is 18.4 Å². The van der Waals surface area contributed by atoms with Crippen LogP contribution < -0.4 is 10.1 Å². The van der Waals surface area contributed by atoms with Gasteiger partial charge in [0.25, 0.3) is 11.8 Å². The highest BCUT2D eigenvalue weighted by Gasteiger charge is 2.35. The van der Waals surface area contributed by atoms with Crippen molar-refractivity contribution < 1.29 is 14.3 Å². The van der Waals surface area contributed by atoms with Gasteiger partial charge in [-0.25, -0.2) is 0 Å². The van der Waals surface area contributed by atoms with Gasteiger partial charge in [-0.05, 0) is 43.9 Å².